The van der Waals surface area contributed by atoms with Crippen molar-refractivity contribution >= 4 is 0 Å². The molecule has 3 nitrogen and oxygen atoms in total. The molecule has 0 fully saturated rings. The number of rotatable bonds is 8. The van der Waals surface area contributed by atoms with Crippen molar-refractivity contribution in [1.29, 1.82) is 0 Å². The first-order valence-electron chi connectivity index (χ1n) is 6.09. The summed E-state index contributed by atoms with van der Waals surface area (Å²) in [6.07, 6.45) is 1.05. The molecular formula is C14H23NO2. The Kier molecular flexibility index (Phi) is 6.67. The molecule has 0 radical (unpaired) electrons. The second-order valence-corrected chi connectivity index (χ2v) is 4.36. The Morgan fingerprint density at radius 2 is 1.88 bits per heavy atom. The predicted octanol–water partition coefficient (Wildman–Crippen LogP) is 2.11. The molecule has 96 valence electrons. The maximum Gasteiger partial charge on any atom is 0.118 e. The standard InChI is InChI=1S/C14H23NO2/c1-12(11-16-2)10-15-9-8-13-4-6-14(17-3)7-5-13/h4-7,12,15H,8-11H2,1-3H3. The van der Waals surface area contributed by atoms with Crippen LogP contribution in [0.25, 0.3) is 0 Å². The van der Waals surface area contributed by atoms with Crippen LogP contribution in [0, 0.1) is 5.92 Å². The number of hydrogen-bond donors (Lipinski definition) is 1. The van der Waals surface area contributed by atoms with Gasteiger partial charge in [0.2, 0.25) is 0 Å². The number of nitrogens with one attached hydrogen (secondary N) is 1. The summed E-state index contributed by atoms with van der Waals surface area (Å²) in [6.45, 7) is 5.00. The first kappa shape index (κ1) is 14.0. The quantitative estimate of drug-likeness (QED) is 0.702. The van der Waals surface area contributed by atoms with Gasteiger partial charge in [-0.05, 0) is 43.1 Å². The summed E-state index contributed by atoms with van der Waals surface area (Å²) in [6, 6.07) is 8.23. The zero-order valence-electron chi connectivity index (χ0n) is 11.0. The van der Waals surface area contributed by atoms with Crippen molar-refractivity contribution in [1.82, 2.24) is 5.32 Å². The van der Waals surface area contributed by atoms with Crippen LogP contribution >= 0.6 is 0 Å². The Morgan fingerprint density at radius 3 is 2.47 bits per heavy atom. The van der Waals surface area contributed by atoms with Gasteiger partial charge in [-0.15, -0.1) is 0 Å². The van der Waals surface area contributed by atoms with E-state index in [0.717, 1.165) is 31.9 Å². The summed E-state index contributed by atoms with van der Waals surface area (Å²) < 4.78 is 10.2. The molecule has 0 saturated carbocycles. The molecule has 0 spiro atoms. The molecule has 0 saturated heterocycles. The Bertz CT molecular complexity index is 298. The van der Waals surface area contributed by atoms with E-state index >= 15 is 0 Å². The van der Waals surface area contributed by atoms with Crippen molar-refractivity contribution in [2.24, 2.45) is 5.92 Å². The fourth-order valence-corrected chi connectivity index (χ4v) is 1.72. The van der Waals surface area contributed by atoms with Gasteiger partial charge in [0, 0.05) is 13.7 Å². The van der Waals surface area contributed by atoms with Gasteiger partial charge in [-0.3, -0.25) is 0 Å². The topological polar surface area (TPSA) is 30.5 Å². The zero-order valence-corrected chi connectivity index (χ0v) is 11.0. The molecule has 1 aromatic carbocycles. The van der Waals surface area contributed by atoms with Crippen LogP contribution in [0.1, 0.15) is 12.5 Å². The summed E-state index contributed by atoms with van der Waals surface area (Å²) in [7, 11) is 3.43. The third-order valence-electron chi connectivity index (χ3n) is 2.69. The van der Waals surface area contributed by atoms with Crippen LogP contribution in [-0.2, 0) is 11.2 Å². The van der Waals surface area contributed by atoms with E-state index in [2.05, 4.69) is 24.4 Å². The van der Waals surface area contributed by atoms with E-state index in [1.165, 1.54) is 5.56 Å². The zero-order chi connectivity index (χ0) is 12.5. The Labute approximate surface area is 104 Å². The van der Waals surface area contributed by atoms with Gasteiger partial charge in [0.05, 0.1) is 7.11 Å². The Hall–Kier alpha value is -1.06. The van der Waals surface area contributed by atoms with Crippen molar-refractivity contribution in [3.8, 4) is 5.75 Å². The van der Waals surface area contributed by atoms with E-state index in [4.69, 9.17) is 9.47 Å². The minimum Gasteiger partial charge on any atom is -0.497 e. The highest BCUT2D eigenvalue weighted by molar-refractivity contribution is 5.27. The molecule has 0 heterocycles. The molecule has 1 rings (SSSR count). The summed E-state index contributed by atoms with van der Waals surface area (Å²) in [5.74, 6) is 1.48. The van der Waals surface area contributed by atoms with Gasteiger partial charge in [0.25, 0.3) is 0 Å². The van der Waals surface area contributed by atoms with Crippen LogP contribution < -0.4 is 10.1 Å². The SMILES string of the molecule is COCC(C)CNCCc1ccc(OC)cc1. The van der Waals surface area contributed by atoms with Crippen molar-refractivity contribution in [3.05, 3.63) is 29.8 Å². The van der Waals surface area contributed by atoms with Crippen LogP contribution in [0.3, 0.4) is 0 Å². The first-order chi connectivity index (χ1) is 8.26. The highest BCUT2D eigenvalue weighted by atomic mass is 16.5. The third-order valence-corrected chi connectivity index (χ3v) is 2.69. The average Bonchev–Trinajstić information content (AvgIpc) is 2.36. The molecule has 0 aliphatic carbocycles. The molecule has 0 aliphatic rings. The van der Waals surface area contributed by atoms with E-state index in [9.17, 15) is 0 Å². The average molecular weight is 237 g/mol. The van der Waals surface area contributed by atoms with Gasteiger partial charge in [0.1, 0.15) is 5.75 Å². The molecule has 0 amide bonds. The van der Waals surface area contributed by atoms with Crippen molar-refractivity contribution in [2.75, 3.05) is 33.9 Å². The van der Waals surface area contributed by atoms with E-state index < -0.39 is 0 Å². The lowest BCUT2D eigenvalue weighted by atomic mass is 10.1. The molecule has 0 aromatic heterocycles. The number of ether oxygens (including phenoxy) is 2. The summed E-state index contributed by atoms with van der Waals surface area (Å²) in [4.78, 5) is 0. The maximum absolute atomic E-state index is 5.12. The Balaban J connectivity index is 2.17. The van der Waals surface area contributed by atoms with Gasteiger partial charge >= 0.3 is 0 Å². The molecule has 1 aromatic rings. The fourth-order valence-electron chi connectivity index (χ4n) is 1.72. The highest BCUT2D eigenvalue weighted by Crippen LogP contribution is 2.11. The van der Waals surface area contributed by atoms with E-state index in [0.29, 0.717) is 5.92 Å². The minimum atomic E-state index is 0.566. The molecule has 3 heteroatoms. The lowest BCUT2D eigenvalue weighted by molar-refractivity contribution is 0.158. The predicted molar refractivity (Wildman–Crippen MR) is 70.6 cm³/mol. The molecule has 17 heavy (non-hydrogen) atoms. The van der Waals surface area contributed by atoms with Crippen LogP contribution in [0.4, 0.5) is 0 Å². The number of methoxy groups -OCH3 is 2. The lowest BCUT2D eigenvalue weighted by Crippen LogP contribution is -2.25. The smallest absolute Gasteiger partial charge is 0.118 e. The van der Waals surface area contributed by atoms with Crippen LogP contribution in [-0.4, -0.2) is 33.9 Å². The van der Waals surface area contributed by atoms with Crippen molar-refractivity contribution in [2.45, 2.75) is 13.3 Å². The third kappa shape index (κ3) is 5.71. The van der Waals surface area contributed by atoms with E-state index in [1.807, 2.05) is 12.1 Å². The van der Waals surface area contributed by atoms with Gasteiger partial charge in [-0.1, -0.05) is 19.1 Å². The molecule has 1 N–H and O–H groups in total. The highest BCUT2D eigenvalue weighted by Gasteiger charge is 2.00. The van der Waals surface area contributed by atoms with Gasteiger partial charge in [0.15, 0.2) is 0 Å². The van der Waals surface area contributed by atoms with Crippen LogP contribution in [0.15, 0.2) is 24.3 Å². The normalized spacial score (nSPS) is 12.4. The maximum atomic E-state index is 5.12. The number of benzene rings is 1. The molecule has 1 unspecified atom stereocenters. The molecule has 0 bridgehead atoms. The van der Waals surface area contributed by atoms with Gasteiger partial charge < -0.3 is 14.8 Å². The second-order valence-electron chi connectivity index (χ2n) is 4.36. The van der Waals surface area contributed by atoms with Crippen molar-refractivity contribution < 1.29 is 9.47 Å². The monoisotopic (exact) mass is 237 g/mol. The van der Waals surface area contributed by atoms with Crippen LogP contribution in [0.5, 0.6) is 5.75 Å². The minimum absolute atomic E-state index is 0.566. The first-order valence-corrected chi connectivity index (χ1v) is 6.09. The molecule has 1 atom stereocenters. The summed E-state index contributed by atoms with van der Waals surface area (Å²) >= 11 is 0. The lowest BCUT2D eigenvalue weighted by Gasteiger charge is -2.11. The van der Waals surface area contributed by atoms with Gasteiger partial charge in [-0.25, -0.2) is 0 Å². The van der Waals surface area contributed by atoms with Crippen molar-refractivity contribution in [3.63, 3.8) is 0 Å². The fraction of sp³-hybridized carbons (Fsp3) is 0.571. The largest absolute Gasteiger partial charge is 0.497 e. The second kappa shape index (κ2) is 8.09. The molecular weight excluding hydrogens is 214 g/mol. The van der Waals surface area contributed by atoms with Crippen LogP contribution in [0.2, 0.25) is 0 Å². The van der Waals surface area contributed by atoms with E-state index in [-0.39, 0.29) is 0 Å². The van der Waals surface area contributed by atoms with E-state index in [1.54, 1.807) is 14.2 Å². The van der Waals surface area contributed by atoms with Gasteiger partial charge in [-0.2, -0.15) is 0 Å². The molecule has 0 aliphatic heterocycles. The summed E-state index contributed by atoms with van der Waals surface area (Å²) in [5, 5.41) is 3.44. The summed E-state index contributed by atoms with van der Waals surface area (Å²) in [5.41, 5.74) is 1.33. The Morgan fingerprint density at radius 1 is 1.18 bits per heavy atom. The number of hydrogen-bond acceptors (Lipinski definition) is 3.